The maximum Gasteiger partial charge on any atom is 0.261 e. The van der Waals surface area contributed by atoms with Crippen LogP contribution in [0.3, 0.4) is 0 Å². The number of benzene rings is 2. The lowest BCUT2D eigenvalue weighted by molar-refractivity contribution is -0.307. The zero-order chi connectivity index (χ0) is 17.0. The Labute approximate surface area is 134 Å². The molecule has 7 heteroatoms. The highest BCUT2D eigenvalue weighted by atomic mass is 32.2. The maximum absolute atomic E-state index is 12.4. The zero-order valence-corrected chi connectivity index (χ0v) is 13.5. The van der Waals surface area contributed by atoms with E-state index in [0.717, 1.165) is 5.56 Å². The van der Waals surface area contributed by atoms with Crippen molar-refractivity contribution in [2.75, 3.05) is 11.3 Å². The highest BCUT2D eigenvalue weighted by Crippen LogP contribution is 2.23. The van der Waals surface area contributed by atoms with E-state index in [9.17, 15) is 18.3 Å². The normalized spacial score (nSPS) is 11.0. The molecule has 1 N–H and O–H groups in total. The number of sulfonamides is 1. The molecule has 2 aromatic rings. The van der Waals surface area contributed by atoms with E-state index in [-0.39, 0.29) is 4.90 Å². The van der Waals surface area contributed by atoms with Crippen LogP contribution in [0.15, 0.2) is 47.4 Å². The number of carboxylic acids is 1. The van der Waals surface area contributed by atoms with E-state index in [0.29, 0.717) is 17.0 Å². The van der Waals surface area contributed by atoms with Crippen molar-refractivity contribution < 1.29 is 23.1 Å². The predicted octanol–water partition coefficient (Wildman–Crippen LogP) is 1.23. The number of rotatable bonds is 6. The second-order valence-electron chi connectivity index (χ2n) is 5.06. The fourth-order valence-corrected chi connectivity index (χ4v) is 3.07. The highest BCUT2D eigenvalue weighted by Gasteiger charge is 2.15. The van der Waals surface area contributed by atoms with Crippen LogP contribution in [0.1, 0.15) is 11.1 Å². The molecule has 0 aliphatic carbocycles. The molecule has 0 saturated carbocycles. The van der Waals surface area contributed by atoms with Crippen LogP contribution in [0.4, 0.5) is 5.69 Å². The van der Waals surface area contributed by atoms with Gasteiger partial charge in [0.1, 0.15) is 12.4 Å². The van der Waals surface area contributed by atoms with Gasteiger partial charge in [0.25, 0.3) is 10.0 Å². The number of hydrogen-bond acceptors (Lipinski definition) is 5. The Kier molecular flexibility index (Phi) is 4.90. The number of anilines is 1. The van der Waals surface area contributed by atoms with Gasteiger partial charge in [-0.3, -0.25) is 4.72 Å². The third-order valence-corrected chi connectivity index (χ3v) is 4.48. The molecule has 0 bridgehead atoms. The van der Waals surface area contributed by atoms with Gasteiger partial charge < -0.3 is 14.6 Å². The number of nitrogens with one attached hydrogen (secondary N) is 1. The van der Waals surface area contributed by atoms with Crippen LogP contribution in [0.25, 0.3) is 0 Å². The Balaban J connectivity index is 2.21. The summed E-state index contributed by atoms with van der Waals surface area (Å²) >= 11 is 0. The van der Waals surface area contributed by atoms with Gasteiger partial charge in [0, 0.05) is 5.69 Å². The minimum atomic E-state index is -3.73. The summed E-state index contributed by atoms with van der Waals surface area (Å²) in [5.41, 5.74) is 2.00. The van der Waals surface area contributed by atoms with Crippen LogP contribution in [-0.2, 0) is 14.8 Å². The van der Waals surface area contributed by atoms with Gasteiger partial charge in [0.15, 0.2) is 0 Å². The molecule has 0 heterocycles. The Morgan fingerprint density at radius 1 is 1.13 bits per heavy atom. The van der Waals surface area contributed by atoms with Gasteiger partial charge in [-0.15, -0.1) is 0 Å². The van der Waals surface area contributed by atoms with Crippen molar-refractivity contribution in [2.45, 2.75) is 18.7 Å². The molecule has 0 amide bonds. The van der Waals surface area contributed by atoms with E-state index in [2.05, 4.69) is 4.72 Å². The second-order valence-corrected chi connectivity index (χ2v) is 6.74. The standard InChI is InChI=1S/C16H17NO5S/c1-11-3-5-13(6-4-11)17-23(20,21)14-7-8-15(12(2)9-14)22-10-16(18)19/h3-9,17H,10H2,1-2H3,(H,18,19)/p-1. The number of aryl methyl sites for hydroxylation is 2. The van der Waals surface area contributed by atoms with Gasteiger partial charge in [-0.2, -0.15) is 0 Å². The number of carbonyl (C=O) groups excluding carboxylic acids is 1. The van der Waals surface area contributed by atoms with Gasteiger partial charge in [0.2, 0.25) is 0 Å². The first-order valence-corrected chi connectivity index (χ1v) is 8.29. The Morgan fingerprint density at radius 3 is 2.35 bits per heavy atom. The van der Waals surface area contributed by atoms with Crippen LogP contribution in [0.2, 0.25) is 0 Å². The van der Waals surface area contributed by atoms with Crippen molar-refractivity contribution in [3.8, 4) is 5.75 Å². The van der Waals surface area contributed by atoms with Crippen molar-refractivity contribution in [2.24, 2.45) is 0 Å². The quantitative estimate of drug-likeness (QED) is 0.857. The lowest BCUT2D eigenvalue weighted by Gasteiger charge is -2.12. The summed E-state index contributed by atoms with van der Waals surface area (Å²) in [6.07, 6.45) is 0. The van der Waals surface area contributed by atoms with Crippen molar-refractivity contribution in [1.29, 1.82) is 0 Å². The molecule has 0 atom stereocenters. The van der Waals surface area contributed by atoms with Gasteiger partial charge in [0.05, 0.1) is 10.9 Å². The Hall–Kier alpha value is -2.54. The summed E-state index contributed by atoms with van der Waals surface area (Å²) < 4.78 is 32.2. The number of carboxylic acid groups (broad SMARTS) is 1. The topological polar surface area (TPSA) is 95.5 Å². The molecule has 0 fully saturated rings. The largest absolute Gasteiger partial charge is 0.546 e. The molecule has 6 nitrogen and oxygen atoms in total. The summed E-state index contributed by atoms with van der Waals surface area (Å²) in [6.45, 7) is 2.96. The first kappa shape index (κ1) is 16.8. The Bertz CT molecular complexity index is 813. The first-order chi connectivity index (χ1) is 10.8. The van der Waals surface area contributed by atoms with Crippen molar-refractivity contribution in [1.82, 2.24) is 0 Å². The maximum atomic E-state index is 12.4. The smallest absolute Gasteiger partial charge is 0.261 e. The van der Waals surface area contributed by atoms with Crippen molar-refractivity contribution in [3.63, 3.8) is 0 Å². The molecular weight excluding hydrogens is 318 g/mol. The van der Waals surface area contributed by atoms with Crippen LogP contribution in [0, 0.1) is 13.8 Å². The van der Waals surface area contributed by atoms with E-state index >= 15 is 0 Å². The molecule has 122 valence electrons. The third-order valence-electron chi connectivity index (χ3n) is 3.11. The lowest BCUT2D eigenvalue weighted by atomic mass is 10.2. The minimum absolute atomic E-state index is 0.0661. The van der Waals surface area contributed by atoms with Crippen LogP contribution >= 0.6 is 0 Å². The second kappa shape index (κ2) is 6.70. The van der Waals surface area contributed by atoms with Gasteiger partial charge in [-0.1, -0.05) is 17.7 Å². The Morgan fingerprint density at radius 2 is 1.78 bits per heavy atom. The monoisotopic (exact) mass is 334 g/mol. The van der Waals surface area contributed by atoms with Gasteiger partial charge in [-0.25, -0.2) is 8.42 Å². The lowest BCUT2D eigenvalue weighted by Crippen LogP contribution is -2.29. The summed E-state index contributed by atoms with van der Waals surface area (Å²) in [5.74, 6) is -1.05. The van der Waals surface area contributed by atoms with Crippen LogP contribution in [0.5, 0.6) is 5.75 Å². The number of carbonyl (C=O) groups is 1. The predicted molar refractivity (Wildman–Crippen MR) is 83.7 cm³/mol. The van der Waals surface area contributed by atoms with Crippen LogP contribution < -0.4 is 14.6 Å². The molecule has 0 aliphatic rings. The van der Waals surface area contributed by atoms with E-state index < -0.39 is 22.6 Å². The van der Waals surface area contributed by atoms with Gasteiger partial charge in [-0.05, 0) is 49.7 Å². The average molecular weight is 334 g/mol. The molecule has 0 aliphatic heterocycles. The summed E-state index contributed by atoms with van der Waals surface area (Å²) in [5, 5.41) is 10.4. The van der Waals surface area contributed by atoms with Crippen LogP contribution in [-0.4, -0.2) is 21.0 Å². The van der Waals surface area contributed by atoms with Gasteiger partial charge >= 0.3 is 0 Å². The molecule has 0 aromatic heterocycles. The first-order valence-electron chi connectivity index (χ1n) is 6.81. The SMILES string of the molecule is Cc1ccc(NS(=O)(=O)c2ccc(OCC(=O)[O-])c(C)c2)cc1. The molecule has 23 heavy (non-hydrogen) atoms. The minimum Gasteiger partial charge on any atom is -0.546 e. The zero-order valence-electron chi connectivity index (χ0n) is 12.7. The fourth-order valence-electron chi connectivity index (χ4n) is 1.92. The van der Waals surface area contributed by atoms with E-state index in [1.165, 1.54) is 18.2 Å². The summed E-state index contributed by atoms with van der Waals surface area (Å²) in [4.78, 5) is 10.5. The highest BCUT2D eigenvalue weighted by molar-refractivity contribution is 7.92. The average Bonchev–Trinajstić information content (AvgIpc) is 2.48. The summed E-state index contributed by atoms with van der Waals surface area (Å²) in [6, 6.07) is 11.2. The van der Waals surface area contributed by atoms with E-state index in [4.69, 9.17) is 4.74 Å². The molecule has 0 radical (unpaired) electrons. The molecule has 0 spiro atoms. The molecule has 2 aromatic carbocycles. The fraction of sp³-hybridized carbons (Fsp3) is 0.188. The van der Waals surface area contributed by atoms with Crippen molar-refractivity contribution >= 4 is 21.7 Å². The number of aliphatic carboxylic acids is 1. The molecular formula is C16H16NO5S-. The number of ether oxygens (including phenoxy) is 1. The molecule has 2 rings (SSSR count). The number of hydrogen-bond donors (Lipinski definition) is 1. The molecule has 0 unspecified atom stereocenters. The van der Waals surface area contributed by atoms with E-state index in [1.807, 2.05) is 6.92 Å². The van der Waals surface area contributed by atoms with Crippen molar-refractivity contribution in [3.05, 3.63) is 53.6 Å². The summed E-state index contributed by atoms with van der Waals surface area (Å²) in [7, 11) is -3.73. The molecule has 0 saturated heterocycles. The third kappa shape index (κ3) is 4.46. The van der Waals surface area contributed by atoms with E-state index in [1.54, 1.807) is 31.2 Å².